The standard InChI is InChI=1S/C72H56N2O3/c1-71(2,3)58-32-17-28-53-55-30-19-34-60(68(55)76-66(53)58)73(49-41-37-47(38-42-49)45-21-9-7-10-22-45)64-51-25-13-14-26-52(51)65(70-63(64)57-27-15-16-36-62(57)75-70)74(50-43-39-48(40-44-50)46-23-11-8-12-24-46)61-35-20-31-56-54-29-18-33-59(72(4,5)6)67(54)77-69(56)61/h7-44H,1-6H3. The normalized spacial score (nSPS) is 12.3. The summed E-state index contributed by atoms with van der Waals surface area (Å²) in [7, 11) is 0. The van der Waals surface area contributed by atoms with Gasteiger partial charge in [0.1, 0.15) is 16.7 Å². The van der Waals surface area contributed by atoms with Crippen molar-refractivity contribution >= 4 is 111 Å². The van der Waals surface area contributed by atoms with E-state index in [9.17, 15) is 0 Å². The Labute approximate surface area is 447 Å². The molecule has 0 unspecified atom stereocenters. The van der Waals surface area contributed by atoms with Gasteiger partial charge in [0, 0.05) is 60.2 Å². The Balaban J connectivity index is 1.11. The van der Waals surface area contributed by atoms with E-state index in [-0.39, 0.29) is 10.8 Å². The van der Waals surface area contributed by atoms with Gasteiger partial charge in [-0.25, -0.2) is 0 Å². The number of benzene rings is 11. The van der Waals surface area contributed by atoms with Crippen LogP contribution in [-0.4, -0.2) is 0 Å². The summed E-state index contributed by atoms with van der Waals surface area (Å²) in [5.74, 6) is 0. The second-order valence-electron chi connectivity index (χ2n) is 22.4. The zero-order chi connectivity index (χ0) is 52.2. The third kappa shape index (κ3) is 7.51. The zero-order valence-corrected chi connectivity index (χ0v) is 44.1. The van der Waals surface area contributed by atoms with E-state index in [1.165, 1.54) is 5.56 Å². The van der Waals surface area contributed by atoms with Crippen LogP contribution in [0.1, 0.15) is 52.7 Å². The van der Waals surface area contributed by atoms with Gasteiger partial charge in [-0.1, -0.05) is 230 Å². The monoisotopic (exact) mass is 996 g/mol. The minimum absolute atomic E-state index is 0.149. The Kier molecular flexibility index (Phi) is 10.6. The molecule has 0 spiro atoms. The smallest absolute Gasteiger partial charge is 0.162 e. The van der Waals surface area contributed by atoms with Crippen LogP contribution in [0.25, 0.3) is 98.8 Å². The molecule has 77 heavy (non-hydrogen) atoms. The van der Waals surface area contributed by atoms with Crippen LogP contribution in [0, 0.1) is 0 Å². The summed E-state index contributed by atoms with van der Waals surface area (Å²) in [5.41, 5.74) is 17.2. The first-order valence-corrected chi connectivity index (χ1v) is 26.7. The third-order valence-corrected chi connectivity index (χ3v) is 15.5. The Morgan fingerprint density at radius 1 is 0.273 bits per heavy atom. The lowest BCUT2D eigenvalue weighted by atomic mass is 9.86. The van der Waals surface area contributed by atoms with E-state index in [2.05, 4.69) is 282 Å². The molecule has 0 saturated carbocycles. The van der Waals surface area contributed by atoms with Gasteiger partial charge >= 0.3 is 0 Å². The van der Waals surface area contributed by atoms with Crippen LogP contribution >= 0.6 is 0 Å². The maximum atomic E-state index is 7.45. The van der Waals surface area contributed by atoms with Gasteiger partial charge in [-0.2, -0.15) is 0 Å². The Morgan fingerprint density at radius 3 is 1.10 bits per heavy atom. The maximum absolute atomic E-state index is 7.45. The lowest BCUT2D eigenvalue weighted by Crippen LogP contribution is -2.14. The quantitative estimate of drug-likeness (QED) is 0.142. The molecule has 11 aromatic carbocycles. The molecule has 0 radical (unpaired) electrons. The van der Waals surface area contributed by atoms with Crippen LogP contribution < -0.4 is 9.80 Å². The highest BCUT2D eigenvalue weighted by atomic mass is 16.3. The molecule has 0 saturated heterocycles. The lowest BCUT2D eigenvalue weighted by Gasteiger charge is -2.31. The molecule has 0 N–H and O–H groups in total. The van der Waals surface area contributed by atoms with E-state index < -0.39 is 0 Å². The molecular weight excluding hydrogens is 941 g/mol. The van der Waals surface area contributed by atoms with Crippen molar-refractivity contribution in [2.75, 3.05) is 9.80 Å². The van der Waals surface area contributed by atoms with E-state index >= 15 is 0 Å². The van der Waals surface area contributed by atoms with Gasteiger partial charge in [0.25, 0.3) is 0 Å². The van der Waals surface area contributed by atoms with Crippen molar-refractivity contribution in [3.63, 3.8) is 0 Å². The van der Waals surface area contributed by atoms with Crippen molar-refractivity contribution in [3.8, 4) is 22.3 Å². The van der Waals surface area contributed by atoms with Gasteiger partial charge < -0.3 is 23.1 Å². The van der Waals surface area contributed by atoms with Gasteiger partial charge in [0.05, 0.1) is 28.1 Å². The van der Waals surface area contributed by atoms with E-state index in [0.717, 1.165) is 139 Å². The molecule has 0 amide bonds. The van der Waals surface area contributed by atoms with Crippen LogP contribution in [0.15, 0.2) is 244 Å². The fourth-order valence-electron chi connectivity index (χ4n) is 11.8. The molecule has 14 rings (SSSR count). The minimum Gasteiger partial charge on any atom is -0.454 e. The molecule has 0 fully saturated rings. The van der Waals surface area contributed by atoms with Gasteiger partial charge in [0.2, 0.25) is 0 Å². The summed E-state index contributed by atoms with van der Waals surface area (Å²) in [6, 6.07) is 82.5. The predicted molar refractivity (Wildman–Crippen MR) is 323 cm³/mol. The fourth-order valence-corrected chi connectivity index (χ4v) is 11.8. The molecule has 0 atom stereocenters. The summed E-state index contributed by atoms with van der Waals surface area (Å²) >= 11 is 0. The van der Waals surface area contributed by atoms with E-state index in [1.54, 1.807) is 0 Å². The van der Waals surface area contributed by atoms with Crippen LogP contribution in [-0.2, 0) is 10.8 Å². The number of nitrogens with zero attached hydrogens (tertiary/aromatic N) is 2. The highest BCUT2D eigenvalue weighted by Crippen LogP contribution is 2.56. The Morgan fingerprint density at radius 2 is 0.636 bits per heavy atom. The zero-order valence-electron chi connectivity index (χ0n) is 44.1. The summed E-state index contributed by atoms with van der Waals surface area (Å²) in [6.07, 6.45) is 0. The van der Waals surface area contributed by atoms with Crippen molar-refractivity contribution in [1.82, 2.24) is 0 Å². The Bertz CT molecular complexity index is 4570. The number of anilines is 6. The molecular formula is C72H56N2O3. The molecule has 14 aromatic rings. The first-order chi connectivity index (χ1) is 37.5. The highest BCUT2D eigenvalue weighted by Gasteiger charge is 2.33. The number of hydrogen-bond acceptors (Lipinski definition) is 5. The SMILES string of the molecule is CC(C)(C)c1cccc2c1oc1c(N(c3ccc(-c4ccccc4)cc3)c3c4ccccc4c(N(c4ccc(-c5ccccc5)cc4)c4cccc5c4oc4c(C(C)(C)C)cccc45)c4c3oc3ccccc34)cccc12. The lowest BCUT2D eigenvalue weighted by molar-refractivity contribution is 0.572. The van der Waals surface area contributed by atoms with Crippen LogP contribution in [0.3, 0.4) is 0 Å². The number of hydrogen-bond donors (Lipinski definition) is 0. The van der Waals surface area contributed by atoms with Crippen molar-refractivity contribution in [1.29, 1.82) is 0 Å². The molecule has 372 valence electrons. The fraction of sp³-hybridized carbons (Fsp3) is 0.111. The van der Waals surface area contributed by atoms with Gasteiger partial charge in [-0.05, 0) is 75.5 Å². The van der Waals surface area contributed by atoms with Crippen LogP contribution in [0.2, 0.25) is 0 Å². The maximum Gasteiger partial charge on any atom is 0.162 e. The van der Waals surface area contributed by atoms with Crippen molar-refractivity contribution < 1.29 is 13.3 Å². The Hall–Kier alpha value is -9.32. The molecule has 0 aliphatic rings. The molecule has 5 nitrogen and oxygen atoms in total. The summed E-state index contributed by atoms with van der Waals surface area (Å²) in [4.78, 5) is 4.79. The first-order valence-electron chi connectivity index (χ1n) is 26.7. The van der Waals surface area contributed by atoms with E-state index in [1.807, 2.05) is 0 Å². The van der Waals surface area contributed by atoms with Crippen LogP contribution in [0.4, 0.5) is 34.1 Å². The number of para-hydroxylation sites is 5. The number of rotatable bonds is 8. The predicted octanol–water partition coefficient (Wildman–Crippen LogP) is 21.4. The van der Waals surface area contributed by atoms with Gasteiger partial charge in [-0.3, -0.25) is 0 Å². The van der Waals surface area contributed by atoms with Crippen molar-refractivity contribution in [2.24, 2.45) is 0 Å². The highest BCUT2D eigenvalue weighted by molar-refractivity contribution is 6.29. The number of fused-ring (bicyclic) bond motifs is 10. The van der Waals surface area contributed by atoms with Crippen LogP contribution in [0.5, 0.6) is 0 Å². The van der Waals surface area contributed by atoms with Crippen molar-refractivity contribution in [2.45, 2.75) is 52.4 Å². The topological polar surface area (TPSA) is 45.9 Å². The molecule has 0 bridgehead atoms. The second-order valence-corrected chi connectivity index (χ2v) is 22.4. The summed E-state index contributed by atoms with van der Waals surface area (Å²) in [6.45, 7) is 13.5. The summed E-state index contributed by atoms with van der Waals surface area (Å²) in [5, 5.41) is 8.30. The third-order valence-electron chi connectivity index (χ3n) is 15.5. The molecule has 3 heterocycles. The van der Waals surface area contributed by atoms with Crippen molar-refractivity contribution in [3.05, 3.63) is 242 Å². The molecule has 3 aromatic heterocycles. The largest absolute Gasteiger partial charge is 0.454 e. The average Bonchev–Trinajstić information content (AvgIpc) is 4.19. The van der Waals surface area contributed by atoms with Gasteiger partial charge in [-0.15, -0.1) is 0 Å². The molecule has 5 heteroatoms. The second kappa shape index (κ2) is 17.6. The average molecular weight is 997 g/mol. The summed E-state index contributed by atoms with van der Waals surface area (Å²) < 4.78 is 22.0. The molecule has 0 aliphatic heterocycles. The molecule has 0 aliphatic carbocycles. The first kappa shape index (κ1) is 46.2. The van der Waals surface area contributed by atoms with Gasteiger partial charge in [0.15, 0.2) is 16.7 Å². The van der Waals surface area contributed by atoms with E-state index in [4.69, 9.17) is 13.3 Å². The number of furan rings is 3. The van der Waals surface area contributed by atoms with E-state index in [0.29, 0.717) is 0 Å². The minimum atomic E-state index is -0.150.